The molecule has 0 radical (unpaired) electrons. The van der Waals surface area contributed by atoms with E-state index in [4.69, 9.17) is 4.74 Å². The van der Waals surface area contributed by atoms with Gasteiger partial charge in [-0.1, -0.05) is 24.3 Å². The third-order valence-corrected chi connectivity index (χ3v) is 7.77. The van der Waals surface area contributed by atoms with Crippen LogP contribution in [0, 0.1) is 5.82 Å². The molecule has 0 unspecified atom stereocenters. The van der Waals surface area contributed by atoms with Crippen LogP contribution in [0.2, 0.25) is 0 Å². The highest BCUT2D eigenvalue weighted by Gasteiger charge is 2.36. The van der Waals surface area contributed by atoms with Crippen LogP contribution < -0.4 is 0 Å². The van der Waals surface area contributed by atoms with Crippen LogP contribution in [0.25, 0.3) is 16.9 Å². The van der Waals surface area contributed by atoms with E-state index in [1.54, 1.807) is 6.07 Å². The topological polar surface area (TPSA) is 81.5 Å². The van der Waals surface area contributed by atoms with Crippen molar-refractivity contribution in [2.45, 2.75) is 30.2 Å². The van der Waals surface area contributed by atoms with E-state index in [-0.39, 0.29) is 16.2 Å². The van der Waals surface area contributed by atoms with Crippen LogP contribution >= 0.6 is 0 Å². The number of carbonyl (C=O) groups is 1. The highest BCUT2D eigenvalue weighted by molar-refractivity contribution is 7.91. The Morgan fingerprint density at radius 1 is 1.22 bits per heavy atom. The molecule has 2 aliphatic heterocycles. The van der Waals surface area contributed by atoms with Crippen molar-refractivity contribution in [2.75, 3.05) is 19.8 Å². The minimum atomic E-state index is -3.92. The highest BCUT2D eigenvalue weighted by atomic mass is 32.2. The molecule has 0 spiro atoms. The molecule has 2 aliphatic rings. The van der Waals surface area contributed by atoms with Crippen LogP contribution in [0.4, 0.5) is 4.39 Å². The van der Waals surface area contributed by atoms with Crippen LogP contribution in [-0.2, 0) is 26.9 Å². The second-order valence-electron chi connectivity index (χ2n) is 8.18. The molecule has 166 valence electrons. The molecule has 0 N–H and O–H groups in total. The molecule has 0 bridgehead atoms. The highest BCUT2D eigenvalue weighted by Crippen LogP contribution is 2.41. The number of halogens is 1. The van der Waals surface area contributed by atoms with Gasteiger partial charge in [0.25, 0.3) is 0 Å². The van der Waals surface area contributed by atoms with Gasteiger partial charge in [-0.15, -0.1) is 0 Å². The van der Waals surface area contributed by atoms with Gasteiger partial charge in [-0.05, 0) is 30.7 Å². The van der Waals surface area contributed by atoms with Crippen LogP contribution in [0.5, 0.6) is 0 Å². The van der Waals surface area contributed by atoms with E-state index in [1.165, 1.54) is 10.7 Å². The Morgan fingerprint density at radius 3 is 2.72 bits per heavy atom. The van der Waals surface area contributed by atoms with E-state index >= 15 is 0 Å². The molecule has 9 heteroatoms. The van der Waals surface area contributed by atoms with Crippen molar-refractivity contribution >= 4 is 16.1 Å². The summed E-state index contributed by atoms with van der Waals surface area (Å²) in [6, 6.07) is 12.2. The standard InChI is InChI=1S/C23H22FN3O4S/c1-15-13-31-10-9-26(15)11-16-5-7-17(8-6-16)27-22-18-3-2-4-20(24)23(18)32(29,30)14-19(22)21(12-28)25-27/h2-8,12,15H,9-11,13-14H2,1H3/t15-/m1/s1. The molecule has 0 saturated carbocycles. The minimum absolute atomic E-state index is 0.0460. The number of hydrogen-bond acceptors (Lipinski definition) is 6. The molecule has 3 aromatic rings. The van der Waals surface area contributed by atoms with Crippen LogP contribution in [-0.4, -0.2) is 55.2 Å². The number of aromatic nitrogens is 2. The van der Waals surface area contributed by atoms with E-state index in [0.717, 1.165) is 31.3 Å². The summed E-state index contributed by atoms with van der Waals surface area (Å²) < 4.78 is 47.0. The summed E-state index contributed by atoms with van der Waals surface area (Å²) in [5.41, 5.74) is 2.79. The summed E-state index contributed by atoms with van der Waals surface area (Å²) in [5, 5.41) is 4.37. The zero-order valence-corrected chi connectivity index (χ0v) is 18.3. The van der Waals surface area contributed by atoms with E-state index < -0.39 is 21.4 Å². The number of rotatable bonds is 4. The Labute approximate surface area is 185 Å². The number of aldehydes is 1. The molecular weight excluding hydrogens is 433 g/mol. The summed E-state index contributed by atoms with van der Waals surface area (Å²) in [4.78, 5) is 13.7. The van der Waals surface area contributed by atoms with Gasteiger partial charge in [0.1, 0.15) is 16.4 Å². The SMILES string of the molecule is C[C@@H]1COCCN1Cc1ccc(-n2nc(C=O)c3c2-c2cccc(F)c2S(=O)(=O)C3)cc1. The second kappa shape index (κ2) is 7.91. The minimum Gasteiger partial charge on any atom is -0.379 e. The third-order valence-electron chi connectivity index (χ3n) is 6.07. The average Bonchev–Trinajstić information content (AvgIpc) is 3.13. The zero-order chi connectivity index (χ0) is 22.5. The number of nitrogens with zero attached hydrogens (tertiary/aromatic N) is 3. The van der Waals surface area contributed by atoms with Gasteiger partial charge in [0.15, 0.2) is 16.1 Å². The summed E-state index contributed by atoms with van der Waals surface area (Å²) in [6.07, 6.45) is 0.545. The summed E-state index contributed by atoms with van der Waals surface area (Å²) in [5.74, 6) is -1.26. The summed E-state index contributed by atoms with van der Waals surface area (Å²) in [6.45, 7) is 5.22. The quantitative estimate of drug-likeness (QED) is 0.563. The van der Waals surface area contributed by atoms with Crippen molar-refractivity contribution in [1.29, 1.82) is 0 Å². The van der Waals surface area contributed by atoms with Gasteiger partial charge in [0.05, 0.1) is 30.3 Å². The number of ether oxygens (including phenoxy) is 1. The van der Waals surface area contributed by atoms with Crippen molar-refractivity contribution < 1.29 is 22.3 Å². The first-order valence-electron chi connectivity index (χ1n) is 10.4. The van der Waals surface area contributed by atoms with Crippen molar-refractivity contribution in [3.63, 3.8) is 0 Å². The smallest absolute Gasteiger partial charge is 0.186 e. The Hall–Kier alpha value is -2.88. The lowest BCUT2D eigenvalue weighted by molar-refractivity contribution is -0.00436. The molecule has 32 heavy (non-hydrogen) atoms. The number of sulfone groups is 1. The lowest BCUT2D eigenvalue weighted by atomic mass is 10.1. The molecule has 1 aromatic heterocycles. The first kappa shape index (κ1) is 21.0. The molecule has 5 rings (SSSR count). The Kier molecular flexibility index (Phi) is 5.19. The molecule has 3 heterocycles. The monoisotopic (exact) mass is 455 g/mol. The molecule has 0 amide bonds. The molecule has 7 nitrogen and oxygen atoms in total. The van der Waals surface area contributed by atoms with Gasteiger partial charge in [-0.25, -0.2) is 17.5 Å². The Balaban J connectivity index is 1.56. The normalized spacial score (nSPS) is 19.9. The molecule has 1 atom stereocenters. The fourth-order valence-electron chi connectivity index (χ4n) is 4.41. The fraction of sp³-hybridized carbons (Fsp3) is 0.304. The number of carbonyl (C=O) groups excluding carboxylic acids is 1. The summed E-state index contributed by atoms with van der Waals surface area (Å²) >= 11 is 0. The number of hydrogen-bond donors (Lipinski definition) is 0. The van der Waals surface area contributed by atoms with Crippen molar-refractivity contribution in [2.24, 2.45) is 0 Å². The van der Waals surface area contributed by atoms with Crippen molar-refractivity contribution in [3.8, 4) is 16.9 Å². The third kappa shape index (κ3) is 3.46. The zero-order valence-electron chi connectivity index (χ0n) is 17.5. The molecule has 2 aromatic carbocycles. The van der Waals surface area contributed by atoms with Gasteiger partial charge in [0, 0.05) is 30.3 Å². The Morgan fingerprint density at radius 2 is 2.00 bits per heavy atom. The Bertz CT molecular complexity index is 1300. The van der Waals surface area contributed by atoms with Crippen LogP contribution in [0.3, 0.4) is 0 Å². The fourth-order valence-corrected chi connectivity index (χ4v) is 6.09. The van der Waals surface area contributed by atoms with Gasteiger partial charge in [0.2, 0.25) is 0 Å². The first-order valence-corrected chi connectivity index (χ1v) is 12.0. The first-order chi connectivity index (χ1) is 15.4. The van der Waals surface area contributed by atoms with Crippen LogP contribution in [0.1, 0.15) is 28.5 Å². The maximum absolute atomic E-state index is 14.5. The summed E-state index contributed by atoms with van der Waals surface area (Å²) in [7, 11) is -3.92. The molecule has 1 saturated heterocycles. The van der Waals surface area contributed by atoms with Gasteiger partial charge < -0.3 is 4.74 Å². The largest absolute Gasteiger partial charge is 0.379 e. The maximum Gasteiger partial charge on any atom is 0.186 e. The second-order valence-corrected chi connectivity index (χ2v) is 10.1. The lowest BCUT2D eigenvalue weighted by Crippen LogP contribution is -2.42. The van der Waals surface area contributed by atoms with E-state index in [1.807, 2.05) is 24.3 Å². The maximum atomic E-state index is 14.5. The predicted octanol–water partition coefficient (Wildman–Crippen LogP) is 3.00. The predicted molar refractivity (Wildman–Crippen MR) is 116 cm³/mol. The van der Waals surface area contributed by atoms with E-state index in [9.17, 15) is 17.6 Å². The van der Waals surface area contributed by atoms with Gasteiger partial charge in [-0.3, -0.25) is 9.69 Å². The molecule has 0 aliphatic carbocycles. The molecular formula is C23H22FN3O4S. The van der Waals surface area contributed by atoms with Crippen molar-refractivity contribution in [1.82, 2.24) is 14.7 Å². The van der Waals surface area contributed by atoms with Gasteiger partial charge in [-0.2, -0.15) is 5.10 Å². The lowest BCUT2D eigenvalue weighted by Gasteiger charge is -2.33. The number of fused-ring (bicyclic) bond motifs is 3. The number of morpholine rings is 1. The van der Waals surface area contributed by atoms with E-state index in [2.05, 4.69) is 16.9 Å². The van der Waals surface area contributed by atoms with Gasteiger partial charge >= 0.3 is 0 Å². The van der Waals surface area contributed by atoms with Crippen molar-refractivity contribution in [3.05, 3.63) is 65.1 Å². The van der Waals surface area contributed by atoms with Crippen LogP contribution in [0.15, 0.2) is 47.4 Å². The molecule has 1 fully saturated rings. The average molecular weight is 456 g/mol. The van der Waals surface area contributed by atoms with E-state index in [0.29, 0.717) is 35.9 Å². The number of benzene rings is 2.